The van der Waals surface area contributed by atoms with E-state index in [0.717, 1.165) is 29.5 Å². The van der Waals surface area contributed by atoms with E-state index >= 15 is 0 Å². The average molecular weight is 318 g/mol. The van der Waals surface area contributed by atoms with Gasteiger partial charge in [0.05, 0.1) is 15.2 Å². The predicted octanol–water partition coefficient (Wildman–Crippen LogP) is 3.18. The maximum absolute atomic E-state index is 11.4. The van der Waals surface area contributed by atoms with Crippen molar-refractivity contribution in [1.29, 1.82) is 0 Å². The normalized spacial score (nSPS) is 20.6. The predicted molar refractivity (Wildman–Crippen MR) is 73.4 cm³/mol. The van der Waals surface area contributed by atoms with Gasteiger partial charge in [-0.2, -0.15) is 0 Å². The van der Waals surface area contributed by atoms with E-state index in [9.17, 15) is 4.79 Å². The molecule has 2 rings (SSSR count). The molecule has 5 heteroatoms. The highest BCUT2D eigenvalue weighted by Crippen LogP contribution is 2.31. The van der Waals surface area contributed by atoms with Gasteiger partial charge in [-0.15, -0.1) is 0 Å². The standard InChI is InChI=1S/C12H14BrClN2O/c13-12-9(14)4-1-5-10(12)16-8-3-2-6-15-11(17)7-8/h1,4-5,8,16H,2-3,6-7H2,(H,15,17). The van der Waals surface area contributed by atoms with E-state index in [4.69, 9.17) is 11.6 Å². The van der Waals surface area contributed by atoms with Crippen LogP contribution in [0.5, 0.6) is 0 Å². The van der Waals surface area contributed by atoms with Crippen LogP contribution in [0.1, 0.15) is 19.3 Å². The number of carbonyl (C=O) groups is 1. The van der Waals surface area contributed by atoms with Crippen LogP contribution in [-0.4, -0.2) is 18.5 Å². The molecule has 1 fully saturated rings. The third-order valence-corrected chi connectivity index (χ3v) is 4.19. The Morgan fingerprint density at radius 2 is 2.29 bits per heavy atom. The van der Waals surface area contributed by atoms with E-state index in [0.29, 0.717) is 11.4 Å². The van der Waals surface area contributed by atoms with Gasteiger partial charge in [0.25, 0.3) is 0 Å². The van der Waals surface area contributed by atoms with E-state index in [-0.39, 0.29) is 11.9 Å². The van der Waals surface area contributed by atoms with Gasteiger partial charge in [0.15, 0.2) is 0 Å². The van der Waals surface area contributed by atoms with E-state index in [1.54, 1.807) is 0 Å². The molecule has 3 nitrogen and oxygen atoms in total. The summed E-state index contributed by atoms with van der Waals surface area (Å²) in [6.07, 6.45) is 2.50. The topological polar surface area (TPSA) is 41.1 Å². The van der Waals surface area contributed by atoms with E-state index < -0.39 is 0 Å². The number of anilines is 1. The van der Waals surface area contributed by atoms with Crippen molar-refractivity contribution >= 4 is 39.1 Å². The van der Waals surface area contributed by atoms with Crippen LogP contribution in [0.4, 0.5) is 5.69 Å². The quantitative estimate of drug-likeness (QED) is 0.879. The van der Waals surface area contributed by atoms with Crippen molar-refractivity contribution in [3.63, 3.8) is 0 Å². The molecule has 0 saturated carbocycles. The molecule has 1 atom stereocenters. The van der Waals surface area contributed by atoms with Crippen molar-refractivity contribution < 1.29 is 4.79 Å². The fraction of sp³-hybridized carbons (Fsp3) is 0.417. The molecule has 0 bridgehead atoms. The average Bonchev–Trinajstić information content (AvgIpc) is 2.49. The van der Waals surface area contributed by atoms with Crippen LogP contribution in [0.3, 0.4) is 0 Å². The summed E-state index contributed by atoms with van der Waals surface area (Å²) < 4.78 is 0.853. The third kappa shape index (κ3) is 3.36. The smallest absolute Gasteiger partial charge is 0.222 e. The van der Waals surface area contributed by atoms with E-state index in [1.165, 1.54) is 0 Å². The van der Waals surface area contributed by atoms with Crippen molar-refractivity contribution in [1.82, 2.24) is 5.32 Å². The lowest BCUT2D eigenvalue weighted by atomic mass is 10.1. The minimum Gasteiger partial charge on any atom is -0.381 e. The maximum atomic E-state index is 11.4. The van der Waals surface area contributed by atoms with Crippen LogP contribution in [0.15, 0.2) is 22.7 Å². The molecule has 1 heterocycles. The maximum Gasteiger partial charge on any atom is 0.222 e. The zero-order valence-electron chi connectivity index (χ0n) is 9.30. The molecular weight excluding hydrogens is 304 g/mol. The number of nitrogens with one attached hydrogen (secondary N) is 2. The van der Waals surface area contributed by atoms with Crippen molar-refractivity contribution in [2.75, 3.05) is 11.9 Å². The van der Waals surface area contributed by atoms with Gasteiger partial charge >= 0.3 is 0 Å². The summed E-state index contributed by atoms with van der Waals surface area (Å²) in [6, 6.07) is 5.86. The van der Waals surface area contributed by atoms with Crippen molar-refractivity contribution in [3.05, 3.63) is 27.7 Å². The van der Waals surface area contributed by atoms with Gasteiger partial charge in [0, 0.05) is 19.0 Å². The lowest BCUT2D eigenvalue weighted by Gasteiger charge is -2.18. The first-order chi connectivity index (χ1) is 8.16. The summed E-state index contributed by atoms with van der Waals surface area (Å²) in [5, 5.41) is 6.91. The van der Waals surface area contributed by atoms with Gasteiger partial charge in [-0.1, -0.05) is 17.7 Å². The number of carbonyl (C=O) groups excluding carboxylic acids is 1. The van der Waals surface area contributed by atoms with Gasteiger partial charge in [0.2, 0.25) is 5.91 Å². The Balaban J connectivity index is 2.09. The molecule has 0 aromatic heterocycles. The number of rotatable bonds is 2. The Hall–Kier alpha value is -0.740. The Labute approximate surface area is 114 Å². The van der Waals surface area contributed by atoms with Gasteiger partial charge in [-0.05, 0) is 40.9 Å². The highest BCUT2D eigenvalue weighted by Gasteiger charge is 2.18. The summed E-state index contributed by atoms with van der Waals surface area (Å²) in [6.45, 7) is 0.772. The first-order valence-corrected chi connectivity index (χ1v) is 6.81. The van der Waals surface area contributed by atoms with E-state index in [1.807, 2.05) is 18.2 Å². The summed E-state index contributed by atoms with van der Waals surface area (Å²) in [5.74, 6) is 0.109. The van der Waals surface area contributed by atoms with Crippen LogP contribution in [-0.2, 0) is 4.79 Å². The van der Waals surface area contributed by atoms with E-state index in [2.05, 4.69) is 26.6 Å². The lowest BCUT2D eigenvalue weighted by molar-refractivity contribution is -0.120. The highest BCUT2D eigenvalue weighted by atomic mass is 79.9. The number of hydrogen-bond acceptors (Lipinski definition) is 2. The zero-order chi connectivity index (χ0) is 12.3. The van der Waals surface area contributed by atoms with Crippen LogP contribution >= 0.6 is 27.5 Å². The SMILES string of the molecule is O=C1CC(Nc2cccc(Cl)c2Br)CCCN1. The van der Waals surface area contributed by atoms with Gasteiger partial charge < -0.3 is 10.6 Å². The van der Waals surface area contributed by atoms with Crippen molar-refractivity contribution in [3.8, 4) is 0 Å². The second-order valence-electron chi connectivity index (χ2n) is 4.14. The monoisotopic (exact) mass is 316 g/mol. The molecule has 1 aliphatic rings. The molecule has 92 valence electrons. The summed E-state index contributed by atoms with van der Waals surface area (Å²) >= 11 is 9.47. The molecule has 1 unspecified atom stereocenters. The number of halogens is 2. The van der Waals surface area contributed by atoms with Crippen LogP contribution < -0.4 is 10.6 Å². The van der Waals surface area contributed by atoms with Crippen LogP contribution in [0.2, 0.25) is 5.02 Å². The molecule has 0 spiro atoms. The zero-order valence-corrected chi connectivity index (χ0v) is 11.6. The molecule has 1 aromatic carbocycles. The summed E-state index contributed by atoms with van der Waals surface area (Å²) in [7, 11) is 0. The fourth-order valence-corrected chi connectivity index (χ4v) is 2.49. The second kappa shape index (κ2) is 5.74. The molecule has 0 aliphatic carbocycles. The second-order valence-corrected chi connectivity index (χ2v) is 5.34. The van der Waals surface area contributed by atoms with Crippen molar-refractivity contribution in [2.45, 2.75) is 25.3 Å². The first kappa shape index (κ1) is 12.7. The lowest BCUT2D eigenvalue weighted by Crippen LogP contribution is -2.26. The Bertz CT molecular complexity index is 425. The summed E-state index contributed by atoms with van der Waals surface area (Å²) in [5.41, 5.74) is 0.942. The summed E-state index contributed by atoms with van der Waals surface area (Å²) in [4.78, 5) is 11.4. The Morgan fingerprint density at radius 3 is 3.12 bits per heavy atom. The number of benzene rings is 1. The first-order valence-electron chi connectivity index (χ1n) is 5.64. The Morgan fingerprint density at radius 1 is 1.47 bits per heavy atom. The number of amides is 1. The minimum atomic E-state index is 0.109. The molecule has 1 aromatic rings. The fourth-order valence-electron chi connectivity index (χ4n) is 1.93. The molecule has 0 radical (unpaired) electrons. The molecular formula is C12H14BrClN2O. The molecule has 1 amide bonds. The van der Waals surface area contributed by atoms with Crippen LogP contribution in [0, 0.1) is 0 Å². The minimum absolute atomic E-state index is 0.109. The van der Waals surface area contributed by atoms with Gasteiger partial charge in [-0.25, -0.2) is 0 Å². The third-order valence-electron chi connectivity index (χ3n) is 2.79. The molecule has 17 heavy (non-hydrogen) atoms. The van der Waals surface area contributed by atoms with Crippen molar-refractivity contribution in [2.24, 2.45) is 0 Å². The van der Waals surface area contributed by atoms with Gasteiger partial charge in [-0.3, -0.25) is 4.79 Å². The Kier molecular flexibility index (Phi) is 4.29. The largest absolute Gasteiger partial charge is 0.381 e. The molecule has 2 N–H and O–H groups in total. The molecule has 1 aliphatic heterocycles. The highest BCUT2D eigenvalue weighted by molar-refractivity contribution is 9.10. The molecule has 1 saturated heterocycles. The van der Waals surface area contributed by atoms with Crippen LogP contribution in [0.25, 0.3) is 0 Å². The number of hydrogen-bond donors (Lipinski definition) is 2. The van der Waals surface area contributed by atoms with Gasteiger partial charge in [0.1, 0.15) is 0 Å².